The number of carbonyl (C=O) groups excluding carboxylic acids is 1. The van der Waals surface area contributed by atoms with Gasteiger partial charge in [0.2, 0.25) is 0 Å². The molecule has 1 unspecified atom stereocenters. The highest BCUT2D eigenvalue weighted by Crippen LogP contribution is 2.21. The Morgan fingerprint density at radius 2 is 1.95 bits per heavy atom. The number of rotatable bonds is 3. The molecule has 0 aromatic carbocycles. The molecule has 1 atom stereocenters. The maximum absolute atomic E-state index is 11.8. The molecule has 0 aromatic heterocycles. The van der Waals surface area contributed by atoms with Gasteiger partial charge >= 0.3 is 5.97 Å². The first-order valence-electron chi connectivity index (χ1n) is 7.62. The van der Waals surface area contributed by atoms with Gasteiger partial charge in [-0.1, -0.05) is 0 Å². The van der Waals surface area contributed by atoms with Crippen LogP contribution in [0.5, 0.6) is 0 Å². The molecular formula is C15H28N2O2. The number of fused-ring (bicyclic) bond motifs is 1. The molecule has 0 bridgehead atoms. The molecule has 4 nitrogen and oxygen atoms in total. The van der Waals surface area contributed by atoms with Crippen molar-refractivity contribution in [2.24, 2.45) is 0 Å². The van der Waals surface area contributed by atoms with Crippen LogP contribution in [0.2, 0.25) is 0 Å². The molecule has 2 aliphatic rings. The zero-order chi connectivity index (χ0) is 13.9. The van der Waals surface area contributed by atoms with Crippen molar-refractivity contribution in [3.8, 4) is 0 Å². The Morgan fingerprint density at radius 1 is 1.21 bits per heavy atom. The molecule has 4 heteroatoms. The third-order valence-electron chi connectivity index (χ3n) is 3.94. The lowest BCUT2D eigenvalue weighted by molar-refractivity contribution is -0.155. The van der Waals surface area contributed by atoms with E-state index < -0.39 is 0 Å². The van der Waals surface area contributed by atoms with Gasteiger partial charge in [0.15, 0.2) is 0 Å². The first-order valence-corrected chi connectivity index (χ1v) is 7.62. The highest BCUT2D eigenvalue weighted by molar-refractivity contribution is 5.70. The van der Waals surface area contributed by atoms with Crippen LogP contribution in [0, 0.1) is 0 Å². The summed E-state index contributed by atoms with van der Waals surface area (Å²) in [5, 5.41) is 0. The minimum Gasteiger partial charge on any atom is -0.460 e. The van der Waals surface area contributed by atoms with E-state index in [0.717, 1.165) is 25.7 Å². The first kappa shape index (κ1) is 14.8. The summed E-state index contributed by atoms with van der Waals surface area (Å²) < 4.78 is 5.37. The van der Waals surface area contributed by atoms with Crippen LogP contribution in [0.3, 0.4) is 0 Å². The van der Waals surface area contributed by atoms with E-state index in [1.807, 2.05) is 20.8 Å². The Bertz CT molecular complexity index is 312. The molecule has 2 heterocycles. The van der Waals surface area contributed by atoms with E-state index >= 15 is 0 Å². The third-order valence-corrected chi connectivity index (χ3v) is 3.94. The smallest absolute Gasteiger partial charge is 0.307 e. The quantitative estimate of drug-likeness (QED) is 0.732. The average Bonchev–Trinajstić information content (AvgIpc) is 2.63. The van der Waals surface area contributed by atoms with Gasteiger partial charge in [-0.2, -0.15) is 0 Å². The number of hydrogen-bond acceptors (Lipinski definition) is 4. The largest absolute Gasteiger partial charge is 0.460 e. The van der Waals surface area contributed by atoms with Crippen LogP contribution >= 0.6 is 0 Å². The fourth-order valence-electron chi connectivity index (χ4n) is 3.13. The fraction of sp³-hybridized carbons (Fsp3) is 0.933. The highest BCUT2D eigenvalue weighted by Gasteiger charge is 2.28. The van der Waals surface area contributed by atoms with E-state index in [-0.39, 0.29) is 11.6 Å². The van der Waals surface area contributed by atoms with E-state index in [1.165, 1.54) is 32.4 Å². The van der Waals surface area contributed by atoms with E-state index in [1.54, 1.807) is 0 Å². The van der Waals surface area contributed by atoms with Gasteiger partial charge < -0.3 is 9.64 Å². The van der Waals surface area contributed by atoms with Crippen LogP contribution in [0.4, 0.5) is 0 Å². The second-order valence-corrected chi connectivity index (χ2v) is 6.82. The summed E-state index contributed by atoms with van der Waals surface area (Å²) in [6.45, 7) is 11.4. The molecule has 0 aromatic rings. The summed E-state index contributed by atoms with van der Waals surface area (Å²) >= 11 is 0. The van der Waals surface area contributed by atoms with Crippen LogP contribution in [-0.4, -0.2) is 60.1 Å². The minimum absolute atomic E-state index is 0.0694. The summed E-state index contributed by atoms with van der Waals surface area (Å²) in [5.41, 5.74) is -0.363. The van der Waals surface area contributed by atoms with E-state index in [9.17, 15) is 4.79 Å². The topological polar surface area (TPSA) is 32.8 Å². The monoisotopic (exact) mass is 268 g/mol. The molecule has 0 N–H and O–H groups in total. The van der Waals surface area contributed by atoms with Gasteiger partial charge in [0.25, 0.3) is 0 Å². The summed E-state index contributed by atoms with van der Waals surface area (Å²) in [6.07, 6.45) is 4.41. The zero-order valence-corrected chi connectivity index (χ0v) is 12.7. The molecule has 2 fully saturated rings. The predicted octanol–water partition coefficient (Wildman–Crippen LogP) is 1.89. The zero-order valence-electron chi connectivity index (χ0n) is 12.7. The van der Waals surface area contributed by atoms with Crippen molar-refractivity contribution in [2.75, 3.05) is 32.7 Å². The van der Waals surface area contributed by atoms with Crippen molar-refractivity contribution in [2.45, 2.75) is 58.1 Å². The van der Waals surface area contributed by atoms with Crippen molar-refractivity contribution in [1.29, 1.82) is 0 Å². The van der Waals surface area contributed by atoms with Crippen LogP contribution in [0.15, 0.2) is 0 Å². The summed E-state index contributed by atoms with van der Waals surface area (Å²) in [4.78, 5) is 16.8. The number of esters is 1. The minimum atomic E-state index is -0.363. The molecule has 2 saturated heterocycles. The maximum Gasteiger partial charge on any atom is 0.307 e. The van der Waals surface area contributed by atoms with E-state index in [0.29, 0.717) is 6.42 Å². The standard InChI is InChI=1S/C15H28N2O2/c1-15(2,3)19-14(18)7-11-16-8-5-10-17-9-4-6-13(17)12-16/h13H,4-12H2,1-3H3. The van der Waals surface area contributed by atoms with Crippen LogP contribution in [0.1, 0.15) is 46.5 Å². The number of ether oxygens (including phenoxy) is 1. The summed E-state index contributed by atoms with van der Waals surface area (Å²) in [6, 6.07) is 0.723. The first-order chi connectivity index (χ1) is 8.94. The van der Waals surface area contributed by atoms with Gasteiger partial charge in [-0.15, -0.1) is 0 Å². The molecule has 0 spiro atoms. The number of nitrogens with zero attached hydrogens (tertiary/aromatic N) is 2. The lowest BCUT2D eigenvalue weighted by Crippen LogP contribution is -2.37. The van der Waals surface area contributed by atoms with Gasteiger partial charge in [0.1, 0.15) is 5.60 Å². The molecule has 2 rings (SSSR count). The normalized spacial score (nSPS) is 25.9. The summed E-state index contributed by atoms with van der Waals surface area (Å²) in [7, 11) is 0. The molecule has 19 heavy (non-hydrogen) atoms. The Balaban J connectivity index is 1.74. The fourth-order valence-corrected chi connectivity index (χ4v) is 3.13. The van der Waals surface area contributed by atoms with Crippen LogP contribution in [0.25, 0.3) is 0 Å². The Hall–Kier alpha value is -0.610. The van der Waals surface area contributed by atoms with Crippen LogP contribution < -0.4 is 0 Å². The van der Waals surface area contributed by atoms with Gasteiger partial charge in [-0.3, -0.25) is 9.69 Å². The van der Waals surface area contributed by atoms with Gasteiger partial charge in [-0.05, 0) is 59.7 Å². The van der Waals surface area contributed by atoms with Gasteiger partial charge in [0, 0.05) is 19.1 Å². The van der Waals surface area contributed by atoms with Crippen molar-refractivity contribution in [1.82, 2.24) is 9.80 Å². The lowest BCUT2D eigenvalue weighted by Gasteiger charge is -2.26. The molecule has 0 radical (unpaired) electrons. The average molecular weight is 268 g/mol. The molecule has 0 saturated carbocycles. The molecule has 2 aliphatic heterocycles. The number of carbonyl (C=O) groups is 1. The number of hydrogen-bond donors (Lipinski definition) is 0. The Labute approximate surface area is 117 Å². The predicted molar refractivity (Wildman–Crippen MR) is 76.1 cm³/mol. The van der Waals surface area contributed by atoms with Gasteiger partial charge in [-0.25, -0.2) is 0 Å². The molecule has 0 aliphatic carbocycles. The molecule has 0 amide bonds. The van der Waals surface area contributed by atoms with Crippen molar-refractivity contribution in [3.05, 3.63) is 0 Å². The van der Waals surface area contributed by atoms with Crippen molar-refractivity contribution < 1.29 is 9.53 Å². The molecule has 110 valence electrons. The van der Waals surface area contributed by atoms with E-state index in [2.05, 4.69) is 9.80 Å². The summed E-state index contributed by atoms with van der Waals surface area (Å²) in [5.74, 6) is -0.0694. The third kappa shape index (κ3) is 4.77. The maximum atomic E-state index is 11.8. The van der Waals surface area contributed by atoms with Gasteiger partial charge in [0.05, 0.1) is 6.42 Å². The highest BCUT2D eigenvalue weighted by atomic mass is 16.6. The van der Waals surface area contributed by atoms with Crippen molar-refractivity contribution >= 4 is 5.97 Å². The lowest BCUT2D eigenvalue weighted by atomic mass is 10.2. The Morgan fingerprint density at radius 3 is 2.68 bits per heavy atom. The molecular weight excluding hydrogens is 240 g/mol. The van der Waals surface area contributed by atoms with Crippen molar-refractivity contribution in [3.63, 3.8) is 0 Å². The van der Waals surface area contributed by atoms with E-state index in [4.69, 9.17) is 4.74 Å². The SMILES string of the molecule is CC(C)(C)OC(=O)CCN1CCCN2CCCC2C1. The van der Waals surface area contributed by atoms with Crippen LogP contribution in [-0.2, 0) is 9.53 Å². The Kier molecular flexibility index (Phi) is 4.85. The second kappa shape index (κ2) is 6.23. The second-order valence-electron chi connectivity index (χ2n) is 6.82.